The summed E-state index contributed by atoms with van der Waals surface area (Å²) < 4.78 is 28.5. The number of amides is 1. The Hall–Kier alpha value is -2.74. The number of nitrogens with one attached hydrogen (secondary N) is 1. The molecule has 1 fully saturated rings. The molecule has 8 heteroatoms. The van der Waals surface area contributed by atoms with Crippen LogP contribution in [-0.2, 0) is 4.79 Å². The molecule has 5 nitrogen and oxygen atoms in total. The van der Waals surface area contributed by atoms with Crippen molar-refractivity contribution in [3.63, 3.8) is 0 Å². The third-order valence-corrected chi connectivity index (χ3v) is 6.05. The van der Waals surface area contributed by atoms with Crippen LogP contribution in [-0.4, -0.2) is 32.5 Å². The molecule has 0 atom stereocenters. The van der Waals surface area contributed by atoms with Crippen molar-refractivity contribution in [1.82, 2.24) is 20.1 Å². The minimum atomic E-state index is -0.351. The molecular formula is C22H22F2N4OS. The Kier molecular flexibility index (Phi) is 6.42. The summed E-state index contributed by atoms with van der Waals surface area (Å²) in [5.74, 6) is -0.0309. The van der Waals surface area contributed by atoms with Crippen molar-refractivity contribution in [2.24, 2.45) is 0 Å². The lowest BCUT2D eigenvalue weighted by molar-refractivity contribution is -0.119. The normalized spacial score (nSPS) is 14.6. The maximum atomic E-state index is 13.4. The van der Waals surface area contributed by atoms with Crippen molar-refractivity contribution in [2.75, 3.05) is 5.75 Å². The van der Waals surface area contributed by atoms with Crippen LogP contribution in [0.4, 0.5) is 8.78 Å². The SMILES string of the molecule is O=C(CSc1nnc(-c2ccc(F)cc2)n1-c1ccc(F)cc1)NC1CCCCC1. The Morgan fingerprint density at radius 3 is 2.27 bits per heavy atom. The lowest BCUT2D eigenvalue weighted by Crippen LogP contribution is -2.37. The van der Waals surface area contributed by atoms with Crippen LogP contribution in [0.3, 0.4) is 0 Å². The second-order valence-electron chi connectivity index (χ2n) is 7.32. The van der Waals surface area contributed by atoms with Crippen molar-refractivity contribution < 1.29 is 13.6 Å². The van der Waals surface area contributed by atoms with Gasteiger partial charge in [0.25, 0.3) is 0 Å². The second kappa shape index (κ2) is 9.38. The number of aromatic nitrogens is 3. The zero-order chi connectivity index (χ0) is 20.9. The van der Waals surface area contributed by atoms with E-state index in [1.807, 2.05) is 0 Å². The number of carbonyl (C=O) groups is 1. The number of benzene rings is 2. The van der Waals surface area contributed by atoms with E-state index in [4.69, 9.17) is 0 Å². The first-order chi connectivity index (χ1) is 14.6. The van der Waals surface area contributed by atoms with Crippen LogP contribution < -0.4 is 5.32 Å². The first-order valence-electron chi connectivity index (χ1n) is 9.99. The molecule has 0 aliphatic heterocycles. The first kappa shape index (κ1) is 20.5. The molecule has 1 N–H and O–H groups in total. The number of thioether (sulfide) groups is 1. The first-order valence-corrected chi connectivity index (χ1v) is 11.0. The summed E-state index contributed by atoms with van der Waals surface area (Å²) in [6.45, 7) is 0. The largest absolute Gasteiger partial charge is 0.353 e. The Labute approximate surface area is 177 Å². The summed E-state index contributed by atoms with van der Waals surface area (Å²) in [5.41, 5.74) is 1.34. The van der Waals surface area contributed by atoms with Gasteiger partial charge in [-0.25, -0.2) is 8.78 Å². The van der Waals surface area contributed by atoms with Gasteiger partial charge in [-0.2, -0.15) is 0 Å². The molecule has 1 amide bonds. The van der Waals surface area contributed by atoms with E-state index in [1.54, 1.807) is 28.8 Å². The molecule has 156 valence electrons. The lowest BCUT2D eigenvalue weighted by Gasteiger charge is -2.22. The van der Waals surface area contributed by atoms with Crippen LogP contribution in [0, 0.1) is 11.6 Å². The molecule has 0 bridgehead atoms. The summed E-state index contributed by atoms with van der Waals surface area (Å²) in [7, 11) is 0. The average Bonchev–Trinajstić information content (AvgIpc) is 3.18. The smallest absolute Gasteiger partial charge is 0.230 e. The van der Waals surface area contributed by atoms with E-state index in [2.05, 4.69) is 15.5 Å². The topological polar surface area (TPSA) is 59.8 Å². The molecule has 1 heterocycles. The van der Waals surface area contributed by atoms with Crippen LogP contribution in [0.5, 0.6) is 0 Å². The molecule has 0 saturated heterocycles. The molecule has 0 unspecified atom stereocenters. The number of nitrogens with zero attached hydrogens (tertiary/aromatic N) is 3. The van der Waals surface area contributed by atoms with E-state index in [0.29, 0.717) is 22.2 Å². The predicted octanol–water partition coefficient (Wildman–Crippen LogP) is 4.75. The van der Waals surface area contributed by atoms with Gasteiger partial charge in [-0.3, -0.25) is 9.36 Å². The van der Waals surface area contributed by atoms with Gasteiger partial charge in [0.1, 0.15) is 11.6 Å². The van der Waals surface area contributed by atoms with E-state index >= 15 is 0 Å². The van der Waals surface area contributed by atoms with Crippen molar-refractivity contribution in [1.29, 1.82) is 0 Å². The number of halogens is 2. The van der Waals surface area contributed by atoms with E-state index < -0.39 is 0 Å². The van der Waals surface area contributed by atoms with Crippen LogP contribution in [0.25, 0.3) is 17.1 Å². The molecule has 1 saturated carbocycles. The number of hydrogen-bond donors (Lipinski definition) is 1. The molecule has 0 radical (unpaired) electrons. The molecule has 0 spiro atoms. The Balaban J connectivity index is 1.57. The molecule has 1 aromatic heterocycles. The third-order valence-electron chi connectivity index (χ3n) is 5.12. The fourth-order valence-electron chi connectivity index (χ4n) is 3.62. The summed E-state index contributed by atoms with van der Waals surface area (Å²) in [6, 6.07) is 12.1. The van der Waals surface area contributed by atoms with Crippen LogP contribution >= 0.6 is 11.8 Å². The van der Waals surface area contributed by atoms with Gasteiger partial charge in [-0.05, 0) is 61.4 Å². The summed E-state index contributed by atoms with van der Waals surface area (Å²) in [5, 5.41) is 12.1. The maximum Gasteiger partial charge on any atom is 0.230 e. The minimum Gasteiger partial charge on any atom is -0.353 e. The molecular weight excluding hydrogens is 406 g/mol. The average molecular weight is 429 g/mol. The molecule has 2 aromatic carbocycles. The van der Waals surface area contributed by atoms with Crippen molar-refractivity contribution in [3.05, 3.63) is 60.2 Å². The van der Waals surface area contributed by atoms with Gasteiger partial charge in [0.05, 0.1) is 5.75 Å². The Morgan fingerprint density at radius 2 is 1.60 bits per heavy atom. The second-order valence-corrected chi connectivity index (χ2v) is 8.26. The summed E-state index contributed by atoms with van der Waals surface area (Å²) >= 11 is 1.27. The standard InChI is InChI=1S/C22H22F2N4OS/c23-16-8-6-15(7-9-16)21-26-27-22(28(21)19-12-10-17(24)11-13-19)30-14-20(29)25-18-4-2-1-3-5-18/h6-13,18H,1-5,14H2,(H,25,29). The quantitative estimate of drug-likeness (QED) is 0.576. The van der Waals surface area contributed by atoms with Gasteiger partial charge in [0.2, 0.25) is 5.91 Å². The number of hydrogen-bond acceptors (Lipinski definition) is 4. The maximum absolute atomic E-state index is 13.4. The number of rotatable bonds is 6. The molecule has 1 aliphatic carbocycles. The highest BCUT2D eigenvalue weighted by atomic mass is 32.2. The summed E-state index contributed by atoms with van der Waals surface area (Å²) in [4.78, 5) is 12.4. The third kappa shape index (κ3) is 4.87. The van der Waals surface area contributed by atoms with Crippen molar-refractivity contribution in [2.45, 2.75) is 43.3 Å². The van der Waals surface area contributed by atoms with E-state index in [9.17, 15) is 13.6 Å². The fraction of sp³-hybridized carbons (Fsp3) is 0.318. The van der Waals surface area contributed by atoms with E-state index in [1.165, 1.54) is 42.4 Å². The van der Waals surface area contributed by atoms with Gasteiger partial charge in [0.15, 0.2) is 11.0 Å². The Bertz CT molecular complexity index is 999. The van der Waals surface area contributed by atoms with Crippen molar-refractivity contribution in [3.8, 4) is 17.1 Å². The van der Waals surface area contributed by atoms with Crippen LogP contribution in [0.1, 0.15) is 32.1 Å². The highest BCUT2D eigenvalue weighted by Crippen LogP contribution is 2.28. The van der Waals surface area contributed by atoms with Crippen LogP contribution in [0.2, 0.25) is 0 Å². The summed E-state index contributed by atoms with van der Waals surface area (Å²) in [6.07, 6.45) is 5.58. The zero-order valence-corrected chi connectivity index (χ0v) is 17.2. The lowest BCUT2D eigenvalue weighted by atomic mass is 9.95. The zero-order valence-electron chi connectivity index (χ0n) is 16.4. The van der Waals surface area contributed by atoms with E-state index in [-0.39, 0.29) is 29.3 Å². The number of carbonyl (C=O) groups excluding carboxylic acids is 1. The molecule has 3 aromatic rings. The van der Waals surface area contributed by atoms with E-state index in [0.717, 1.165) is 25.7 Å². The van der Waals surface area contributed by atoms with Gasteiger partial charge >= 0.3 is 0 Å². The van der Waals surface area contributed by atoms with Gasteiger partial charge in [0, 0.05) is 17.3 Å². The van der Waals surface area contributed by atoms with Gasteiger partial charge < -0.3 is 5.32 Å². The molecule has 30 heavy (non-hydrogen) atoms. The predicted molar refractivity (Wildman–Crippen MR) is 112 cm³/mol. The van der Waals surface area contributed by atoms with Gasteiger partial charge in [-0.15, -0.1) is 10.2 Å². The highest BCUT2D eigenvalue weighted by Gasteiger charge is 2.19. The highest BCUT2D eigenvalue weighted by molar-refractivity contribution is 7.99. The minimum absolute atomic E-state index is 0.0381. The van der Waals surface area contributed by atoms with Gasteiger partial charge in [-0.1, -0.05) is 31.0 Å². The fourth-order valence-corrected chi connectivity index (χ4v) is 4.38. The van der Waals surface area contributed by atoms with Crippen molar-refractivity contribution >= 4 is 17.7 Å². The molecule has 1 aliphatic rings. The molecule has 4 rings (SSSR count). The monoisotopic (exact) mass is 428 g/mol. The Morgan fingerprint density at radius 1 is 0.967 bits per heavy atom. The van der Waals surface area contributed by atoms with Crippen LogP contribution in [0.15, 0.2) is 53.7 Å².